The fourth-order valence-corrected chi connectivity index (χ4v) is 3.89. The van der Waals surface area contributed by atoms with E-state index in [1.165, 1.54) is 40.6 Å². The molecule has 0 aromatic carbocycles. The number of allylic oxidation sites excluding steroid dienone is 1. The molecule has 0 amide bonds. The van der Waals surface area contributed by atoms with Gasteiger partial charge in [-0.05, 0) is 25.8 Å². The number of rotatable bonds is 14. The van der Waals surface area contributed by atoms with Gasteiger partial charge < -0.3 is 18.9 Å². The molecule has 0 N–H and O–H groups in total. The highest BCUT2D eigenvalue weighted by molar-refractivity contribution is 5.96. The third kappa shape index (κ3) is 4.70. The van der Waals surface area contributed by atoms with Crippen LogP contribution in [0.25, 0.3) is 0 Å². The molecule has 0 bridgehead atoms. The van der Waals surface area contributed by atoms with E-state index in [9.17, 15) is 4.79 Å². The highest BCUT2D eigenvalue weighted by atomic mass is 16.9. The standard InChI is InChI=1S/C20H36O5/c1-8-9-10-11-12-13-16(18(21)15(2)3)19(4,17-14-25-17)20(22-5,23-6)24-7/h16-17H,2,8-14H2,1,3-7H3. The van der Waals surface area contributed by atoms with E-state index in [2.05, 4.69) is 13.5 Å². The summed E-state index contributed by atoms with van der Waals surface area (Å²) < 4.78 is 22.6. The fourth-order valence-electron chi connectivity index (χ4n) is 3.89. The molecule has 5 nitrogen and oxygen atoms in total. The van der Waals surface area contributed by atoms with Crippen LogP contribution in [0.3, 0.4) is 0 Å². The van der Waals surface area contributed by atoms with Crippen molar-refractivity contribution in [1.82, 2.24) is 0 Å². The monoisotopic (exact) mass is 356 g/mol. The van der Waals surface area contributed by atoms with Crippen LogP contribution in [0.2, 0.25) is 0 Å². The van der Waals surface area contributed by atoms with Crippen molar-refractivity contribution in [3.63, 3.8) is 0 Å². The van der Waals surface area contributed by atoms with Gasteiger partial charge in [0.1, 0.15) is 0 Å². The molecule has 0 saturated carbocycles. The van der Waals surface area contributed by atoms with Crippen LogP contribution in [0.5, 0.6) is 0 Å². The van der Waals surface area contributed by atoms with Crippen LogP contribution in [0.1, 0.15) is 59.3 Å². The minimum absolute atomic E-state index is 0.0315. The normalized spacial score (nSPS) is 20.8. The second-order valence-electron chi connectivity index (χ2n) is 7.17. The molecule has 5 heteroatoms. The Kier molecular flexibility index (Phi) is 8.75. The lowest BCUT2D eigenvalue weighted by atomic mass is 9.67. The zero-order chi connectivity index (χ0) is 19.1. The first-order valence-corrected chi connectivity index (χ1v) is 9.31. The largest absolute Gasteiger partial charge is 0.372 e. The summed E-state index contributed by atoms with van der Waals surface area (Å²) in [5.74, 6) is -1.64. The average Bonchev–Trinajstić information content (AvgIpc) is 3.44. The lowest BCUT2D eigenvalue weighted by molar-refractivity contribution is -0.413. The Morgan fingerprint density at radius 2 is 1.68 bits per heavy atom. The van der Waals surface area contributed by atoms with Gasteiger partial charge in [0.2, 0.25) is 0 Å². The first-order valence-electron chi connectivity index (χ1n) is 9.31. The number of carbonyl (C=O) groups is 1. The van der Waals surface area contributed by atoms with Gasteiger partial charge in [-0.3, -0.25) is 4.79 Å². The van der Waals surface area contributed by atoms with E-state index in [1.54, 1.807) is 6.92 Å². The van der Waals surface area contributed by atoms with Crippen LogP contribution in [0.4, 0.5) is 0 Å². The van der Waals surface area contributed by atoms with Gasteiger partial charge in [0.15, 0.2) is 5.78 Å². The van der Waals surface area contributed by atoms with Gasteiger partial charge in [-0.25, -0.2) is 0 Å². The lowest BCUT2D eigenvalue weighted by Crippen LogP contribution is -2.59. The number of unbranched alkanes of at least 4 members (excludes halogenated alkanes) is 4. The maximum absolute atomic E-state index is 13.0. The topological polar surface area (TPSA) is 57.3 Å². The number of methoxy groups -OCH3 is 3. The summed E-state index contributed by atoms with van der Waals surface area (Å²) in [6, 6.07) is 0. The number of Topliss-reactive ketones (excluding diaryl/α,β-unsaturated/α-hetero) is 1. The highest BCUT2D eigenvalue weighted by Gasteiger charge is 2.65. The molecule has 0 aliphatic carbocycles. The Labute approximate surface area is 153 Å². The maximum Gasteiger partial charge on any atom is 0.291 e. The summed E-state index contributed by atoms with van der Waals surface area (Å²) >= 11 is 0. The number of ketones is 1. The van der Waals surface area contributed by atoms with Crippen molar-refractivity contribution in [2.75, 3.05) is 27.9 Å². The fraction of sp³-hybridized carbons (Fsp3) is 0.850. The molecule has 1 fully saturated rings. The Morgan fingerprint density at radius 1 is 1.16 bits per heavy atom. The van der Waals surface area contributed by atoms with Crippen molar-refractivity contribution >= 4 is 5.78 Å². The number of ether oxygens (including phenoxy) is 4. The molecular weight excluding hydrogens is 320 g/mol. The maximum atomic E-state index is 13.0. The van der Waals surface area contributed by atoms with E-state index in [4.69, 9.17) is 18.9 Å². The Hall–Kier alpha value is -0.750. The highest BCUT2D eigenvalue weighted by Crippen LogP contribution is 2.52. The molecule has 0 spiro atoms. The van der Waals surface area contributed by atoms with Crippen molar-refractivity contribution in [3.05, 3.63) is 12.2 Å². The quantitative estimate of drug-likeness (QED) is 0.203. The predicted octanol–water partition coefficient (Wildman–Crippen LogP) is 4.11. The van der Waals surface area contributed by atoms with Crippen LogP contribution in [0, 0.1) is 11.3 Å². The number of epoxide rings is 1. The van der Waals surface area contributed by atoms with Crippen LogP contribution >= 0.6 is 0 Å². The minimum Gasteiger partial charge on any atom is -0.372 e. The Morgan fingerprint density at radius 3 is 2.08 bits per heavy atom. The van der Waals surface area contributed by atoms with Gasteiger partial charge >= 0.3 is 0 Å². The first kappa shape index (κ1) is 22.3. The molecule has 1 heterocycles. The van der Waals surface area contributed by atoms with Gasteiger partial charge in [-0.1, -0.05) is 45.6 Å². The molecule has 0 radical (unpaired) electrons. The van der Waals surface area contributed by atoms with Crippen molar-refractivity contribution in [2.24, 2.45) is 11.3 Å². The van der Waals surface area contributed by atoms with E-state index in [1.807, 2.05) is 6.92 Å². The number of hydrogen-bond acceptors (Lipinski definition) is 5. The summed E-state index contributed by atoms with van der Waals surface area (Å²) in [6.45, 7) is 10.4. The van der Waals surface area contributed by atoms with E-state index >= 15 is 0 Å². The van der Waals surface area contributed by atoms with Gasteiger partial charge in [-0.15, -0.1) is 0 Å². The third-order valence-corrected chi connectivity index (χ3v) is 5.53. The summed E-state index contributed by atoms with van der Waals surface area (Å²) in [5.41, 5.74) is -0.214. The molecule has 1 saturated heterocycles. The van der Waals surface area contributed by atoms with Crippen molar-refractivity contribution in [1.29, 1.82) is 0 Å². The van der Waals surface area contributed by atoms with Crippen LogP contribution in [-0.4, -0.2) is 45.8 Å². The van der Waals surface area contributed by atoms with Gasteiger partial charge in [-0.2, -0.15) is 0 Å². The van der Waals surface area contributed by atoms with Gasteiger partial charge in [0, 0.05) is 27.2 Å². The summed E-state index contributed by atoms with van der Waals surface area (Å²) in [6.07, 6.45) is 6.28. The van der Waals surface area contributed by atoms with E-state index in [0.717, 1.165) is 19.3 Å². The third-order valence-electron chi connectivity index (χ3n) is 5.53. The van der Waals surface area contributed by atoms with Gasteiger partial charge in [0.05, 0.1) is 18.1 Å². The number of hydrogen-bond donors (Lipinski definition) is 0. The van der Waals surface area contributed by atoms with E-state index < -0.39 is 11.4 Å². The van der Waals surface area contributed by atoms with Crippen molar-refractivity contribution in [3.8, 4) is 0 Å². The molecule has 1 aliphatic heterocycles. The van der Waals surface area contributed by atoms with Crippen molar-refractivity contribution < 1.29 is 23.7 Å². The average molecular weight is 357 g/mol. The lowest BCUT2D eigenvalue weighted by Gasteiger charge is -2.47. The summed E-state index contributed by atoms with van der Waals surface area (Å²) in [5, 5.41) is 0. The summed E-state index contributed by atoms with van der Waals surface area (Å²) in [4.78, 5) is 13.0. The van der Waals surface area contributed by atoms with E-state index in [0.29, 0.717) is 12.2 Å². The molecule has 25 heavy (non-hydrogen) atoms. The molecular formula is C20H36O5. The first-order chi connectivity index (χ1) is 11.8. The van der Waals surface area contributed by atoms with Crippen LogP contribution in [0.15, 0.2) is 12.2 Å². The van der Waals surface area contributed by atoms with Gasteiger partial charge in [0.25, 0.3) is 5.97 Å². The Balaban J connectivity index is 3.12. The SMILES string of the molecule is C=C(C)C(=O)C(CCCCCCC)C(C)(C1CO1)C(OC)(OC)OC. The number of carbonyl (C=O) groups excluding carboxylic acids is 1. The molecule has 1 rings (SSSR count). The zero-order valence-electron chi connectivity index (χ0n) is 16.9. The Bertz CT molecular complexity index is 431. The molecule has 0 aromatic heterocycles. The smallest absolute Gasteiger partial charge is 0.291 e. The molecule has 1 aliphatic rings. The van der Waals surface area contributed by atoms with E-state index in [-0.39, 0.29) is 17.8 Å². The molecule has 0 aromatic rings. The van der Waals surface area contributed by atoms with Crippen molar-refractivity contribution in [2.45, 2.75) is 71.4 Å². The second kappa shape index (κ2) is 9.81. The zero-order valence-corrected chi connectivity index (χ0v) is 16.9. The summed E-state index contributed by atoms with van der Waals surface area (Å²) in [7, 11) is 4.62. The molecule has 3 atom stereocenters. The molecule has 3 unspecified atom stereocenters. The van der Waals surface area contributed by atoms with Crippen LogP contribution in [-0.2, 0) is 23.7 Å². The van der Waals surface area contributed by atoms with Crippen LogP contribution < -0.4 is 0 Å². The second-order valence-corrected chi connectivity index (χ2v) is 7.17. The molecule has 146 valence electrons. The predicted molar refractivity (Wildman–Crippen MR) is 98.3 cm³/mol. The minimum atomic E-state index is -1.34.